The van der Waals surface area contributed by atoms with Crippen molar-refractivity contribution in [3.8, 4) is 5.75 Å². The van der Waals surface area contributed by atoms with Crippen molar-refractivity contribution in [3.63, 3.8) is 0 Å². The van der Waals surface area contributed by atoms with Gasteiger partial charge in [-0.1, -0.05) is 44.2 Å². The molecule has 0 saturated heterocycles. The van der Waals surface area contributed by atoms with E-state index in [-0.39, 0.29) is 0 Å². The predicted octanol–water partition coefficient (Wildman–Crippen LogP) is 4.86. The summed E-state index contributed by atoms with van der Waals surface area (Å²) in [6.45, 7) is 10.0. The van der Waals surface area contributed by atoms with E-state index in [4.69, 9.17) is 9.72 Å². The van der Waals surface area contributed by atoms with Crippen molar-refractivity contribution in [2.45, 2.75) is 40.2 Å². The summed E-state index contributed by atoms with van der Waals surface area (Å²) >= 11 is 0. The minimum Gasteiger partial charge on any atom is -0.491 e. The molecule has 3 heteroatoms. The number of para-hydroxylation sites is 3. The molecule has 1 heterocycles. The number of fused-ring (bicyclic) bond motifs is 1. The fourth-order valence-electron chi connectivity index (χ4n) is 3.04. The number of aryl methyl sites for hydroxylation is 2. The van der Waals surface area contributed by atoms with Gasteiger partial charge < -0.3 is 9.30 Å². The van der Waals surface area contributed by atoms with E-state index in [1.807, 2.05) is 6.07 Å². The molecule has 2 aromatic carbocycles. The first-order chi connectivity index (χ1) is 11.1. The van der Waals surface area contributed by atoms with Crippen LogP contribution >= 0.6 is 0 Å². The number of imidazole rings is 1. The summed E-state index contributed by atoms with van der Waals surface area (Å²) in [6, 6.07) is 14.6. The molecule has 0 saturated carbocycles. The molecule has 3 aromatic rings. The molecule has 1 aromatic heterocycles. The molecule has 3 nitrogen and oxygen atoms in total. The number of hydrogen-bond acceptors (Lipinski definition) is 2. The Morgan fingerprint density at radius 3 is 2.39 bits per heavy atom. The maximum atomic E-state index is 6.08. The monoisotopic (exact) mass is 308 g/mol. The van der Waals surface area contributed by atoms with Gasteiger partial charge in [-0.05, 0) is 37.1 Å². The Balaban J connectivity index is 1.83. The molecule has 0 bridgehead atoms. The van der Waals surface area contributed by atoms with Crippen LogP contribution in [0.1, 0.15) is 36.7 Å². The third kappa shape index (κ3) is 3.09. The van der Waals surface area contributed by atoms with Crippen molar-refractivity contribution < 1.29 is 4.74 Å². The van der Waals surface area contributed by atoms with Crippen LogP contribution < -0.4 is 4.74 Å². The SMILES string of the molecule is Cc1cccc(C)c1OCCn1c(C(C)C)nc2ccccc21. The van der Waals surface area contributed by atoms with Crippen molar-refractivity contribution in [1.29, 1.82) is 0 Å². The van der Waals surface area contributed by atoms with Crippen LogP contribution in [0.4, 0.5) is 0 Å². The van der Waals surface area contributed by atoms with E-state index in [2.05, 4.69) is 68.7 Å². The van der Waals surface area contributed by atoms with Gasteiger partial charge >= 0.3 is 0 Å². The minimum absolute atomic E-state index is 0.391. The van der Waals surface area contributed by atoms with E-state index in [1.54, 1.807) is 0 Å². The highest BCUT2D eigenvalue weighted by Gasteiger charge is 2.13. The van der Waals surface area contributed by atoms with Gasteiger partial charge in [-0.3, -0.25) is 0 Å². The van der Waals surface area contributed by atoms with Crippen LogP contribution in [-0.2, 0) is 6.54 Å². The van der Waals surface area contributed by atoms with Gasteiger partial charge in [0.1, 0.15) is 18.2 Å². The number of rotatable bonds is 5. The molecular formula is C20H24N2O. The highest BCUT2D eigenvalue weighted by molar-refractivity contribution is 5.76. The first-order valence-electron chi connectivity index (χ1n) is 8.22. The molecule has 0 aliphatic carbocycles. The Hall–Kier alpha value is -2.29. The lowest BCUT2D eigenvalue weighted by Crippen LogP contribution is -2.12. The molecule has 0 radical (unpaired) electrons. The topological polar surface area (TPSA) is 27.1 Å². The quantitative estimate of drug-likeness (QED) is 0.673. The number of benzene rings is 2. The van der Waals surface area contributed by atoms with Crippen LogP contribution in [0.15, 0.2) is 42.5 Å². The smallest absolute Gasteiger partial charge is 0.125 e. The van der Waals surface area contributed by atoms with Crippen molar-refractivity contribution in [2.24, 2.45) is 0 Å². The van der Waals surface area contributed by atoms with Crippen molar-refractivity contribution >= 4 is 11.0 Å². The van der Waals surface area contributed by atoms with Gasteiger partial charge in [0, 0.05) is 5.92 Å². The van der Waals surface area contributed by atoms with Crippen LogP contribution in [-0.4, -0.2) is 16.2 Å². The molecule has 0 unspecified atom stereocenters. The van der Waals surface area contributed by atoms with Crippen molar-refractivity contribution in [2.75, 3.05) is 6.61 Å². The van der Waals surface area contributed by atoms with Gasteiger partial charge in [0.2, 0.25) is 0 Å². The lowest BCUT2D eigenvalue weighted by Gasteiger charge is -2.15. The van der Waals surface area contributed by atoms with Gasteiger partial charge in [-0.2, -0.15) is 0 Å². The fourth-order valence-corrected chi connectivity index (χ4v) is 3.04. The van der Waals surface area contributed by atoms with Gasteiger partial charge in [0.05, 0.1) is 17.6 Å². The minimum atomic E-state index is 0.391. The van der Waals surface area contributed by atoms with Gasteiger partial charge in [0.15, 0.2) is 0 Å². The number of ether oxygens (including phenoxy) is 1. The van der Waals surface area contributed by atoms with Crippen molar-refractivity contribution in [1.82, 2.24) is 9.55 Å². The average molecular weight is 308 g/mol. The second kappa shape index (κ2) is 6.45. The third-order valence-electron chi connectivity index (χ3n) is 4.17. The summed E-state index contributed by atoms with van der Waals surface area (Å²) in [5.74, 6) is 2.52. The zero-order valence-corrected chi connectivity index (χ0v) is 14.3. The summed E-state index contributed by atoms with van der Waals surface area (Å²) in [5, 5.41) is 0. The van der Waals surface area contributed by atoms with E-state index >= 15 is 0 Å². The fraction of sp³-hybridized carbons (Fsp3) is 0.350. The highest BCUT2D eigenvalue weighted by Crippen LogP contribution is 2.24. The molecule has 23 heavy (non-hydrogen) atoms. The molecule has 120 valence electrons. The Kier molecular flexibility index (Phi) is 4.37. The molecule has 0 spiro atoms. The normalized spacial score (nSPS) is 11.3. The van der Waals surface area contributed by atoms with Gasteiger partial charge in [-0.25, -0.2) is 4.98 Å². The summed E-state index contributed by atoms with van der Waals surface area (Å²) in [6.07, 6.45) is 0. The summed E-state index contributed by atoms with van der Waals surface area (Å²) in [7, 11) is 0. The number of nitrogens with zero attached hydrogens (tertiary/aromatic N) is 2. The molecule has 0 aliphatic heterocycles. The van der Waals surface area contributed by atoms with Crippen molar-refractivity contribution in [3.05, 3.63) is 59.4 Å². The van der Waals surface area contributed by atoms with Crippen LogP contribution in [0, 0.1) is 13.8 Å². The van der Waals surface area contributed by atoms with Crippen LogP contribution in [0.2, 0.25) is 0 Å². The van der Waals surface area contributed by atoms with E-state index in [0.717, 1.165) is 23.6 Å². The highest BCUT2D eigenvalue weighted by atomic mass is 16.5. The largest absolute Gasteiger partial charge is 0.491 e. The Morgan fingerprint density at radius 2 is 1.70 bits per heavy atom. The summed E-state index contributed by atoms with van der Waals surface area (Å²) < 4.78 is 8.36. The number of hydrogen-bond donors (Lipinski definition) is 0. The molecule has 0 atom stereocenters. The van der Waals surface area contributed by atoms with Crippen LogP contribution in [0.3, 0.4) is 0 Å². The third-order valence-corrected chi connectivity index (χ3v) is 4.17. The predicted molar refractivity (Wildman–Crippen MR) is 95.2 cm³/mol. The Labute approximate surface area is 137 Å². The maximum Gasteiger partial charge on any atom is 0.125 e. The molecule has 3 rings (SSSR count). The van der Waals surface area contributed by atoms with E-state index in [0.29, 0.717) is 12.5 Å². The number of aromatic nitrogens is 2. The zero-order chi connectivity index (χ0) is 16.4. The van der Waals surface area contributed by atoms with E-state index in [1.165, 1.54) is 16.6 Å². The molecule has 0 N–H and O–H groups in total. The summed E-state index contributed by atoms with van der Waals surface area (Å²) in [4.78, 5) is 4.78. The lowest BCUT2D eigenvalue weighted by molar-refractivity contribution is 0.294. The van der Waals surface area contributed by atoms with Crippen LogP contribution in [0.25, 0.3) is 11.0 Å². The lowest BCUT2D eigenvalue weighted by atomic mass is 10.1. The second-order valence-corrected chi connectivity index (χ2v) is 6.33. The Bertz CT molecular complexity index is 797. The van der Waals surface area contributed by atoms with Gasteiger partial charge in [-0.15, -0.1) is 0 Å². The van der Waals surface area contributed by atoms with Gasteiger partial charge in [0.25, 0.3) is 0 Å². The summed E-state index contributed by atoms with van der Waals surface area (Å²) in [5.41, 5.74) is 4.61. The van der Waals surface area contributed by atoms with Crippen LogP contribution in [0.5, 0.6) is 5.75 Å². The standard InChI is InChI=1S/C20H24N2O/c1-14(2)20-21-17-10-5-6-11-18(17)22(20)12-13-23-19-15(3)8-7-9-16(19)4/h5-11,14H,12-13H2,1-4H3. The Morgan fingerprint density at radius 1 is 1.00 bits per heavy atom. The average Bonchev–Trinajstić information content (AvgIpc) is 2.89. The molecular weight excluding hydrogens is 284 g/mol. The maximum absolute atomic E-state index is 6.08. The second-order valence-electron chi connectivity index (χ2n) is 6.33. The molecule has 0 aliphatic rings. The van der Waals surface area contributed by atoms with E-state index in [9.17, 15) is 0 Å². The first kappa shape index (κ1) is 15.6. The first-order valence-corrected chi connectivity index (χ1v) is 8.22. The molecule has 0 amide bonds. The van der Waals surface area contributed by atoms with E-state index < -0.39 is 0 Å². The zero-order valence-electron chi connectivity index (χ0n) is 14.3. The molecule has 0 fully saturated rings.